The lowest BCUT2D eigenvalue weighted by molar-refractivity contribution is -0.133. The highest BCUT2D eigenvalue weighted by molar-refractivity contribution is 5.83. The molecule has 1 aromatic carbocycles. The molecule has 0 aromatic heterocycles. The molecule has 0 N–H and O–H groups in total. The first-order chi connectivity index (χ1) is 10.7. The van der Waals surface area contributed by atoms with Gasteiger partial charge < -0.3 is 4.90 Å². The Morgan fingerprint density at radius 1 is 1.09 bits per heavy atom. The first kappa shape index (κ1) is 14.8. The van der Waals surface area contributed by atoms with Crippen molar-refractivity contribution in [2.75, 3.05) is 6.54 Å². The average Bonchev–Trinajstić information content (AvgIpc) is 2.81. The fourth-order valence-corrected chi connectivity index (χ4v) is 3.25. The second kappa shape index (κ2) is 6.78. The van der Waals surface area contributed by atoms with Crippen molar-refractivity contribution in [2.45, 2.75) is 32.2 Å². The molecule has 114 valence electrons. The fourth-order valence-electron chi connectivity index (χ4n) is 3.25. The van der Waals surface area contributed by atoms with Gasteiger partial charge >= 0.3 is 0 Å². The third kappa shape index (κ3) is 3.38. The van der Waals surface area contributed by atoms with E-state index in [1.165, 1.54) is 11.1 Å². The molecule has 0 bridgehead atoms. The van der Waals surface area contributed by atoms with E-state index in [9.17, 15) is 4.79 Å². The van der Waals surface area contributed by atoms with E-state index in [0.717, 1.165) is 25.8 Å². The third-order valence-electron chi connectivity index (χ3n) is 4.51. The number of rotatable bonds is 3. The highest BCUT2D eigenvalue weighted by Crippen LogP contribution is 2.24. The zero-order chi connectivity index (χ0) is 15.4. The number of aryl methyl sites for hydroxylation is 1. The van der Waals surface area contributed by atoms with Gasteiger partial charge in [0.2, 0.25) is 5.91 Å². The van der Waals surface area contributed by atoms with Gasteiger partial charge in [-0.15, -0.1) is 0 Å². The molecule has 22 heavy (non-hydrogen) atoms. The highest BCUT2D eigenvalue weighted by Gasteiger charge is 2.31. The van der Waals surface area contributed by atoms with Gasteiger partial charge in [0.05, 0.1) is 5.92 Å². The van der Waals surface area contributed by atoms with Crippen LogP contribution in [-0.2, 0) is 11.2 Å². The predicted molar refractivity (Wildman–Crippen MR) is 90.5 cm³/mol. The highest BCUT2D eigenvalue weighted by atomic mass is 16.2. The van der Waals surface area contributed by atoms with Gasteiger partial charge in [0.1, 0.15) is 0 Å². The van der Waals surface area contributed by atoms with Gasteiger partial charge in [-0.1, -0.05) is 66.3 Å². The van der Waals surface area contributed by atoms with Gasteiger partial charge in [-0.2, -0.15) is 0 Å². The molecule has 0 unspecified atom stereocenters. The average molecular weight is 293 g/mol. The second-order valence-electron chi connectivity index (χ2n) is 6.20. The van der Waals surface area contributed by atoms with Crippen molar-refractivity contribution in [3.8, 4) is 0 Å². The van der Waals surface area contributed by atoms with Crippen LogP contribution in [-0.4, -0.2) is 23.4 Å². The summed E-state index contributed by atoms with van der Waals surface area (Å²) in [7, 11) is 0. The van der Waals surface area contributed by atoms with Gasteiger partial charge in [-0.05, 0) is 31.7 Å². The summed E-state index contributed by atoms with van der Waals surface area (Å²) in [5.74, 6) is 0.124. The number of likely N-dealkylation sites (tertiary alicyclic amines) is 1. The third-order valence-corrected chi connectivity index (χ3v) is 4.51. The van der Waals surface area contributed by atoms with E-state index in [1.807, 2.05) is 36.5 Å². The molecule has 2 heteroatoms. The Hall–Kier alpha value is -2.09. The van der Waals surface area contributed by atoms with Gasteiger partial charge in [0, 0.05) is 12.6 Å². The fraction of sp³-hybridized carbons (Fsp3) is 0.350. The molecule has 1 fully saturated rings. The van der Waals surface area contributed by atoms with E-state index < -0.39 is 0 Å². The Kier molecular flexibility index (Phi) is 4.57. The molecule has 1 aliphatic carbocycles. The summed E-state index contributed by atoms with van der Waals surface area (Å²) < 4.78 is 0. The Morgan fingerprint density at radius 2 is 1.77 bits per heavy atom. The minimum atomic E-state index is -0.117. The van der Waals surface area contributed by atoms with E-state index in [4.69, 9.17) is 0 Å². The summed E-state index contributed by atoms with van der Waals surface area (Å²) in [5, 5.41) is 0. The number of carbonyl (C=O) groups excluding carboxylic acids is 1. The number of allylic oxidation sites excluding steroid dienone is 4. The largest absolute Gasteiger partial charge is 0.339 e. The molecule has 3 rings (SSSR count). The van der Waals surface area contributed by atoms with E-state index in [-0.39, 0.29) is 11.8 Å². The van der Waals surface area contributed by atoms with Gasteiger partial charge in [-0.3, -0.25) is 4.79 Å². The van der Waals surface area contributed by atoms with Crippen LogP contribution in [0.3, 0.4) is 0 Å². The lowest BCUT2D eigenvalue weighted by Gasteiger charge is -2.27. The van der Waals surface area contributed by atoms with Crippen molar-refractivity contribution in [2.24, 2.45) is 5.92 Å². The molecule has 1 aromatic rings. The summed E-state index contributed by atoms with van der Waals surface area (Å²) in [5.41, 5.74) is 2.60. The molecule has 1 saturated heterocycles. The molecular weight excluding hydrogens is 270 g/mol. The van der Waals surface area contributed by atoms with E-state index in [0.29, 0.717) is 6.04 Å². The quantitative estimate of drug-likeness (QED) is 0.829. The zero-order valence-corrected chi connectivity index (χ0v) is 13.1. The number of benzene rings is 1. The van der Waals surface area contributed by atoms with Crippen LogP contribution in [0.25, 0.3) is 0 Å². The smallest absolute Gasteiger partial charge is 0.233 e. The predicted octanol–water partition coefficient (Wildman–Crippen LogP) is 3.83. The monoisotopic (exact) mass is 293 g/mol. The number of hydrogen-bond donors (Lipinski definition) is 0. The van der Waals surface area contributed by atoms with Crippen LogP contribution in [0.4, 0.5) is 0 Å². The van der Waals surface area contributed by atoms with Crippen molar-refractivity contribution in [1.82, 2.24) is 4.90 Å². The van der Waals surface area contributed by atoms with Crippen molar-refractivity contribution in [3.63, 3.8) is 0 Å². The maximum atomic E-state index is 12.8. The Balaban J connectivity index is 1.69. The Labute approximate surface area is 132 Å². The normalized spacial score (nSPS) is 21.3. The van der Waals surface area contributed by atoms with Crippen LogP contribution in [0.5, 0.6) is 0 Å². The van der Waals surface area contributed by atoms with Crippen molar-refractivity contribution in [3.05, 3.63) is 71.8 Å². The lowest BCUT2D eigenvalue weighted by Crippen LogP contribution is -2.39. The maximum absolute atomic E-state index is 12.8. The minimum Gasteiger partial charge on any atom is -0.339 e. The number of amides is 1. The molecule has 2 nitrogen and oxygen atoms in total. The first-order valence-corrected chi connectivity index (χ1v) is 8.12. The molecular formula is C20H23NO. The summed E-state index contributed by atoms with van der Waals surface area (Å²) >= 11 is 0. The van der Waals surface area contributed by atoms with Crippen LogP contribution in [0.1, 0.15) is 24.0 Å². The molecule has 0 saturated carbocycles. The van der Waals surface area contributed by atoms with Crippen LogP contribution in [0.15, 0.2) is 60.7 Å². The summed E-state index contributed by atoms with van der Waals surface area (Å²) in [4.78, 5) is 14.9. The number of hydrogen-bond acceptors (Lipinski definition) is 1. The van der Waals surface area contributed by atoms with Crippen LogP contribution in [0.2, 0.25) is 0 Å². The van der Waals surface area contributed by atoms with E-state index in [1.54, 1.807) is 0 Å². The minimum absolute atomic E-state index is 0.117. The van der Waals surface area contributed by atoms with Gasteiger partial charge in [0.15, 0.2) is 0 Å². The molecule has 1 atom stereocenters. The van der Waals surface area contributed by atoms with Crippen LogP contribution >= 0.6 is 0 Å². The SMILES string of the molecule is Cc1ccc(C[C@H]2CCCN2C(=O)C2C=CC=CC=C2)cc1. The Bertz CT molecular complexity index is 593. The van der Waals surface area contributed by atoms with Gasteiger partial charge in [-0.25, -0.2) is 0 Å². The topological polar surface area (TPSA) is 20.3 Å². The first-order valence-electron chi connectivity index (χ1n) is 8.12. The summed E-state index contributed by atoms with van der Waals surface area (Å²) in [6.07, 6.45) is 15.0. The number of carbonyl (C=O) groups is 1. The standard InChI is InChI=1S/C20H23NO/c1-16-10-12-17(13-11-16)15-19-9-6-14-21(19)20(22)18-7-4-2-3-5-8-18/h2-5,7-8,10-13,18-19H,6,9,14-15H2,1H3/t19-/m1/s1. The molecule has 2 aliphatic rings. The molecule has 1 amide bonds. The summed E-state index contributed by atoms with van der Waals surface area (Å²) in [6.45, 7) is 2.99. The van der Waals surface area contributed by atoms with Gasteiger partial charge in [0.25, 0.3) is 0 Å². The van der Waals surface area contributed by atoms with Crippen molar-refractivity contribution in [1.29, 1.82) is 0 Å². The molecule has 1 aliphatic heterocycles. The van der Waals surface area contributed by atoms with Crippen molar-refractivity contribution < 1.29 is 4.79 Å². The van der Waals surface area contributed by atoms with E-state index in [2.05, 4.69) is 36.1 Å². The number of nitrogens with zero attached hydrogens (tertiary/aromatic N) is 1. The molecule has 1 heterocycles. The molecule has 0 spiro atoms. The maximum Gasteiger partial charge on any atom is 0.233 e. The van der Waals surface area contributed by atoms with Crippen molar-refractivity contribution >= 4 is 5.91 Å². The molecule has 0 radical (unpaired) electrons. The zero-order valence-electron chi connectivity index (χ0n) is 13.1. The Morgan fingerprint density at radius 3 is 2.45 bits per heavy atom. The van der Waals surface area contributed by atoms with Crippen LogP contribution in [0, 0.1) is 12.8 Å². The van der Waals surface area contributed by atoms with E-state index >= 15 is 0 Å². The van der Waals surface area contributed by atoms with Crippen LogP contribution < -0.4 is 0 Å². The summed E-state index contributed by atoms with van der Waals surface area (Å²) in [6, 6.07) is 9.02. The lowest BCUT2D eigenvalue weighted by atomic mass is 10.0. The second-order valence-corrected chi connectivity index (χ2v) is 6.20.